The normalized spacial score (nSPS) is 43.1. The number of fused-ring (bicyclic) bond motifs is 2. The SMILES string of the molecule is O=C1C2=C[C@H]3C[C@H]4C=C(CCCC2)C(=O)[C@H]4[C@@H]13. The molecule has 4 atom stereocenters. The third kappa shape index (κ3) is 1.16. The molecular weight excluding hydrogens is 212 g/mol. The van der Waals surface area contributed by atoms with Gasteiger partial charge in [-0.1, -0.05) is 12.2 Å². The molecule has 0 aromatic carbocycles. The number of hydrogen-bond acceptors (Lipinski definition) is 2. The maximum atomic E-state index is 12.4. The smallest absolute Gasteiger partial charge is 0.162 e. The molecule has 0 aromatic heterocycles. The Labute approximate surface area is 101 Å². The average Bonchev–Trinajstić information content (AvgIpc) is 2.84. The summed E-state index contributed by atoms with van der Waals surface area (Å²) >= 11 is 0. The fourth-order valence-electron chi connectivity index (χ4n) is 4.35. The fourth-order valence-corrected chi connectivity index (χ4v) is 4.35. The molecule has 4 rings (SSSR count). The topological polar surface area (TPSA) is 34.1 Å². The monoisotopic (exact) mass is 228 g/mol. The minimum atomic E-state index is 0.00866. The van der Waals surface area contributed by atoms with Gasteiger partial charge in [0, 0.05) is 11.8 Å². The number of ketones is 2. The lowest BCUT2D eigenvalue weighted by Crippen LogP contribution is -2.27. The van der Waals surface area contributed by atoms with Crippen molar-refractivity contribution in [1.29, 1.82) is 0 Å². The van der Waals surface area contributed by atoms with Crippen molar-refractivity contribution < 1.29 is 9.59 Å². The minimum Gasteiger partial charge on any atom is -0.294 e. The molecule has 17 heavy (non-hydrogen) atoms. The van der Waals surface area contributed by atoms with E-state index in [2.05, 4.69) is 12.2 Å². The Morgan fingerprint density at radius 2 is 1.29 bits per heavy atom. The van der Waals surface area contributed by atoms with Crippen molar-refractivity contribution in [3.8, 4) is 0 Å². The van der Waals surface area contributed by atoms with Crippen molar-refractivity contribution >= 4 is 11.6 Å². The lowest BCUT2D eigenvalue weighted by molar-refractivity contribution is -0.127. The van der Waals surface area contributed by atoms with E-state index in [1.54, 1.807) is 0 Å². The standard InChI is InChI=1S/C15H16O2/c16-14-8-3-1-2-4-9-6-11-7-10(5-8)12(14)13(11)15(9)17/h5-6,10-13H,1-4,7H2/t10-,11+,12-,13+. The molecule has 0 heterocycles. The van der Waals surface area contributed by atoms with E-state index >= 15 is 0 Å². The summed E-state index contributed by atoms with van der Waals surface area (Å²) in [4.78, 5) is 24.7. The highest BCUT2D eigenvalue weighted by Gasteiger charge is 2.54. The van der Waals surface area contributed by atoms with E-state index in [1.165, 1.54) is 0 Å². The summed E-state index contributed by atoms with van der Waals surface area (Å²) in [5.74, 6) is 1.35. The molecule has 2 saturated carbocycles. The predicted molar refractivity (Wildman–Crippen MR) is 63.2 cm³/mol. The van der Waals surface area contributed by atoms with Crippen LogP contribution in [0.1, 0.15) is 32.1 Å². The molecule has 0 unspecified atom stereocenters. The van der Waals surface area contributed by atoms with Crippen LogP contribution in [-0.2, 0) is 9.59 Å². The first kappa shape index (κ1) is 9.81. The van der Waals surface area contributed by atoms with E-state index < -0.39 is 0 Å². The van der Waals surface area contributed by atoms with Crippen molar-refractivity contribution in [2.24, 2.45) is 23.7 Å². The number of rotatable bonds is 0. The third-order valence-electron chi connectivity index (χ3n) is 5.06. The summed E-state index contributed by atoms with van der Waals surface area (Å²) in [6.45, 7) is 0. The van der Waals surface area contributed by atoms with Crippen LogP contribution in [0.5, 0.6) is 0 Å². The summed E-state index contributed by atoms with van der Waals surface area (Å²) in [6.07, 6.45) is 9.39. The Balaban J connectivity index is 1.83. The van der Waals surface area contributed by atoms with Gasteiger partial charge in [0.25, 0.3) is 0 Å². The highest BCUT2D eigenvalue weighted by molar-refractivity contribution is 6.08. The fraction of sp³-hybridized carbons (Fsp3) is 0.600. The molecule has 0 spiro atoms. The average molecular weight is 228 g/mol. The van der Waals surface area contributed by atoms with Crippen molar-refractivity contribution in [1.82, 2.24) is 0 Å². The van der Waals surface area contributed by atoms with Crippen molar-refractivity contribution in [3.63, 3.8) is 0 Å². The summed E-state index contributed by atoms with van der Waals surface area (Å²) < 4.78 is 0. The van der Waals surface area contributed by atoms with Crippen molar-refractivity contribution in [2.75, 3.05) is 0 Å². The van der Waals surface area contributed by atoms with Crippen LogP contribution >= 0.6 is 0 Å². The van der Waals surface area contributed by atoms with Crippen LogP contribution in [-0.4, -0.2) is 11.6 Å². The van der Waals surface area contributed by atoms with Crippen LogP contribution in [0.3, 0.4) is 0 Å². The molecule has 0 saturated heterocycles. The lowest BCUT2D eigenvalue weighted by Gasteiger charge is -2.17. The zero-order chi connectivity index (χ0) is 11.6. The number of allylic oxidation sites excluding steroid dienone is 4. The van der Waals surface area contributed by atoms with E-state index in [9.17, 15) is 9.59 Å². The molecule has 88 valence electrons. The quantitative estimate of drug-likeness (QED) is 0.638. The van der Waals surface area contributed by atoms with Crippen LogP contribution in [0.4, 0.5) is 0 Å². The minimum absolute atomic E-state index is 0.00866. The van der Waals surface area contributed by atoms with E-state index in [0.717, 1.165) is 43.3 Å². The number of hydrogen-bond donors (Lipinski definition) is 0. The second kappa shape index (κ2) is 3.18. The van der Waals surface area contributed by atoms with Gasteiger partial charge in [0.2, 0.25) is 0 Å². The van der Waals surface area contributed by atoms with Crippen LogP contribution in [0, 0.1) is 23.7 Å². The Bertz CT molecular complexity index is 439. The summed E-state index contributed by atoms with van der Waals surface area (Å²) in [5.41, 5.74) is 2.06. The van der Waals surface area contributed by atoms with Gasteiger partial charge in [-0.2, -0.15) is 0 Å². The van der Waals surface area contributed by atoms with E-state index in [-0.39, 0.29) is 11.8 Å². The maximum absolute atomic E-state index is 12.4. The number of carbonyl (C=O) groups is 2. The van der Waals surface area contributed by atoms with E-state index in [4.69, 9.17) is 0 Å². The maximum Gasteiger partial charge on any atom is 0.162 e. The zero-order valence-corrected chi connectivity index (χ0v) is 9.82. The van der Waals surface area contributed by atoms with Crippen LogP contribution in [0.25, 0.3) is 0 Å². The predicted octanol–water partition coefficient (Wildman–Crippen LogP) is 2.45. The summed E-state index contributed by atoms with van der Waals surface area (Å²) in [6, 6.07) is 0. The van der Waals surface area contributed by atoms with Gasteiger partial charge in [-0.15, -0.1) is 0 Å². The van der Waals surface area contributed by atoms with Gasteiger partial charge in [-0.05, 0) is 55.1 Å². The molecule has 0 radical (unpaired) electrons. The first-order valence-electron chi connectivity index (χ1n) is 6.75. The van der Waals surface area contributed by atoms with Crippen molar-refractivity contribution in [3.05, 3.63) is 23.3 Å². The van der Waals surface area contributed by atoms with Gasteiger partial charge in [-0.3, -0.25) is 9.59 Å². The molecule has 0 aromatic rings. The Morgan fingerprint density at radius 3 is 1.76 bits per heavy atom. The zero-order valence-electron chi connectivity index (χ0n) is 9.82. The highest BCUT2D eigenvalue weighted by Crippen LogP contribution is 2.53. The summed E-state index contributed by atoms with van der Waals surface area (Å²) in [5, 5.41) is 0. The lowest BCUT2D eigenvalue weighted by atomic mass is 9.83. The van der Waals surface area contributed by atoms with Gasteiger partial charge in [-0.25, -0.2) is 0 Å². The molecule has 0 N–H and O–H groups in total. The molecule has 4 bridgehead atoms. The molecule has 2 nitrogen and oxygen atoms in total. The van der Waals surface area contributed by atoms with Crippen LogP contribution in [0.15, 0.2) is 23.3 Å². The molecule has 0 amide bonds. The Morgan fingerprint density at radius 1 is 0.824 bits per heavy atom. The van der Waals surface area contributed by atoms with Gasteiger partial charge >= 0.3 is 0 Å². The largest absolute Gasteiger partial charge is 0.294 e. The molecule has 2 fully saturated rings. The van der Waals surface area contributed by atoms with E-state index in [1.807, 2.05) is 0 Å². The van der Waals surface area contributed by atoms with E-state index in [0.29, 0.717) is 23.4 Å². The molecule has 2 heteroatoms. The second-order valence-corrected chi connectivity index (χ2v) is 5.93. The Hall–Kier alpha value is -1.18. The first-order chi connectivity index (χ1) is 8.25. The number of Topliss-reactive ketones (excluding diaryl/α,β-unsaturated/α-hetero) is 2. The molecule has 0 aliphatic heterocycles. The van der Waals surface area contributed by atoms with Gasteiger partial charge in [0.05, 0.1) is 0 Å². The first-order valence-corrected chi connectivity index (χ1v) is 6.75. The second-order valence-electron chi connectivity index (χ2n) is 5.93. The van der Waals surface area contributed by atoms with Gasteiger partial charge in [0.15, 0.2) is 11.6 Å². The van der Waals surface area contributed by atoms with Crippen molar-refractivity contribution in [2.45, 2.75) is 32.1 Å². The number of carbonyl (C=O) groups excluding carboxylic acids is 2. The highest BCUT2D eigenvalue weighted by atomic mass is 16.1. The summed E-state index contributed by atoms with van der Waals surface area (Å²) in [7, 11) is 0. The molecule has 4 aliphatic rings. The molecule has 4 aliphatic carbocycles. The van der Waals surface area contributed by atoms with Crippen LogP contribution in [0.2, 0.25) is 0 Å². The Kier molecular flexibility index (Phi) is 1.84. The van der Waals surface area contributed by atoms with Crippen LogP contribution < -0.4 is 0 Å². The molecular formula is C15H16O2. The van der Waals surface area contributed by atoms with Gasteiger partial charge < -0.3 is 0 Å². The third-order valence-corrected chi connectivity index (χ3v) is 5.06. The van der Waals surface area contributed by atoms with Gasteiger partial charge in [0.1, 0.15) is 0 Å².